The van der Waals surface area contributed by atoms with E-state index in [1.54, 1.807) is 0 Å². The second-order valence-electron chi connectivity index (χ2n) is 4.42. The lowest BCUT2D eigenvalue weighted by molar-refractivity contribution is -0.140. The average molecular weight is 278 g/mol. The third-order valence-electron chi connectivity index (χ3n) is 2.93. The Hall–Kier alpha value is 0.130. The van der Waals surface area contributed by atoms with Crippen LogP contribution < -0.4 is 0 Å². The largest absolute Gasteiger partial charge is 0.469 e. The van der Waals surface area contributed by atoms with Crippen molar-refractivity contribution in [3.8, 4) is 0 Å². The Morgan fingerprint density at radius 1 is 1.41 bits per heavy atom. The molecule has 0 saturated carbocycles. The summed E-state index contributed by atoms with van der Waals surface area (Å²) in [7, 11) is 1.44. The molecule has 1 rings (SSSR count). The molecule has 0 aliphatic carbocycles. The van der Waals surface area contributed by atoms with Crippen LogP contribution in [-0.4, -0.2) is 39.9 Å². The van der Waals surface area contributed by atoms with Crippen molar-refractivity contribution in [1.82, 2.24) is 0 Å². The minimum absolute atomic E-state index is 0.118. The van der Waals surface area contributed by atoms with Gasteiger partial charge < -0.3 is 9.84 Å². The van der Waals surface area contributed by atoms with E-state index in [1.807, 2.05) is 30.4 Å². The van der Waals surface area contributed by atoms with Crippen LogP contribution in [0.5, 0.6) is 0 Å². The Bertz CT molecular complexity index is 238. The van der Waals surface area contributed by atoms with Crippen molar-refractivity contribution in [1.29, 1.82) is 0 Å². The number of carbonyl (C=O) groups is 1. The van der Waals surface area contributed by atoms with E-state index in [-0.39, 0.29) is 16.2 Å². The van der Waals surface area contributed by atoms with E-state index in [2.05, 4.69) is 0 Å². The van der Waals surface area contributed by atoms with E-state index in [0.717, 1.165) is 25.7 Å². The molecule has 0 aromatic carbocycles. The number of methoxy groups -OCH3 is 1. The van der Waals surface area contributed by atoms with E-state index < -0.39 is 0 Å². The van der Waals surface area contributed by atoms with Crippen LogP contribution in [0.25, 0.3) is 0 Å². The van der Waals surface area contributed by atoms with Crippen LogP contribution in [0.4, 0.5) is 0 Å². The predicted octanol–water partition coefficient (Wildman–Crippen LogP) is 2.67. The molecule has 1 aliphatic rings. The number of carbonyl (C=O) groups excluding carboxylic acids is 1. The van der Waals surface area contributed by atoms with Crippen LogP contribution in [0.15, 0.2) is 0 Å². The highest BCUT2D eigenvalue weighted by Gasteiger charge is 2.35. The summed E-state index contributed by atoms with van der Waals surface area (Å²) in [6.45, 7) is 1.83. The maximum Gasteiger partial charge on any atom is 0.305 e. The molecule has 0 unspecified atom stereocenters. The second-order valence-corrected chi connectivity index (χ2v) is 7.64. The summed E-state index contributed by atoms with van der Waals surface area (Å²) in [6.07, 6.45) is 4.12. The molecule has 0 radical (unpaired) electrons. The summed E-state index contributed by atoms with van der Waals surface area (Å²) in [6, 6.07) is 0. The van der Waals surface area contributed by atoms with Crippen molar-refractivity contribution < 1.29 is 14.6 Å². The highest BCUT2D eigenvalue weighted by atomic mass is 32.2. The van der Waals surface area contributed by atoms with Gasteiger partial charge in [-0.25, -0.2) is 0 Å². The maximum absolute atomic E-state index is 11.2. The normalized spacial score (nSPS) is 20.2. The van der Waals surface area contributed by atoms with Gasteiger partial charge in [-0.2, -0.15) is 0 Å². The molecule has 1 saturated heterocycles. The number of esters is 1. The molecule has 17 heavy (non-hydrogen) atoms. The van der Waals surface area contributed by atoms with Crippen LogP contribution >= 0.6 is 23.5 Å². The van der Waals surface area contributed by atoms with E-state index in [9.17, 15) is 9.90 Å². The lowest BCUT2D eigenvalue weighted by Crippen LogP contribution is -2.20. The number of aliphatic hydroxyl groups excluding tert-OH is 1. The Balaban J connectivity index is 2.36. The first-order valence-electron chi connectivity index (χ1n) is 6.11. The second kappa shape index (κ2) is 7.54. The molecule has 0 amide bonds. The van der Waals surface area contributed by atoms with Gasteiger partial charge in [0.15, 0.2) is 0 Å². The summed E-state index contributed by atoms with van der Waals surface area (Å²) in [5.74, 6) is 2.22. The highest BCUT2D eigenvalue weighted by molar-refractivity contribution is 8.21. The first-order chi connectivity index (χ1) is 8.08. The lowest BCUT2D eigenvalue weighted by atomic mass is 10.1. The Morgan fingerprint density at radius 3 is 2.59 bits per heavy atom. The molecule has 100 valence electrons. The van der Waals surface area contributed by atoms with Gasteiger partial charge in [0, 0.05) is 17.9 Å². The zero-order valence-corrected chi connectivity index (χ0v) is 12.2. The summed E-state index contributed by atoms with van der Waals surface area (Å²) in [5.41, 5.74) is 0. The van der Waals surface area contributed by atoms with Gasteiger partial charge in [0.1, 0.15) is 0 Å². The fraction of sp³-hybridized carbons (Fsp3) is 0.917. The summed E-state index contributed by atoms with van der Waals surface area (Å²) in [5, 5.41) is 9.28. The number of thioether (sulfide) groups is 2. The molecule has 3 nitrogen and oxygen atoms in total. The fourth-order valence-corrected chi connectivity index (χ4v) is 5.29. The Kier molecular flexibility index (Phi) is 6.74. The van der Waals surface area contributed by atoms with E-state index in [4.69, 9.17) is 4.74 Å². The zero-order chi connectivity index (χ0) is 12.7. The van der Waals surface area contributed by atoms with Gasteiger partial charge in [0.25, 0.3) is 0 Å². The van der Waals surface area contributed by atoms with Gasteiger partial charge in [0.2, 0.25) is 0 Å². The molecule has 1 heterocycles. The maximum atomic E-state index is 11.2. The monoisotopic (exact) mass is 278 g/mol. The van der Waals surface area contributed by atoms with Crippen molar-refractivity contribution in [3.05, 3.63) is 0 Å². The van der Waals surface area contributed by atoms with Gasteiger partial charge in [-0.05, 0) is 32.6 Å². The molecule has 1 aliphatic heterocycles. The van der Waals surface area contributed by atoms with Crippen molar-refractivity contribution in [2.45, 2.75) is 49.2 Å². The average Bonchev–Trinajstić information content (AvgIpc) is 2.75. The van der Waals surface area contributed by atoms with E-state index >= 15 is 0 Å². The molecule has 0 aromatic rings. The van der Waals surface area contributed by atoms with Crippen molar-refractivity contribution >= 4 is 29.5 Å². The lowest BCUT2D eigenvalue weighted by Gasteiger charge is -2.27. The summed E-state index contributed by atoms with van der Waals surface area (Å²) in [4.78, 5) is 11.2. The standard InChI is InChI=1S/C12H22O3S2/c1-10(13)4-3-6-12(16-8-9-17-12)7-5-11(14)15-2/h10,13H,3-9H2,1-2H3/t10-/m0/s1. The van der Waals surface area contributed by atoms with Crippen LogP contribution in [0, 0.1) is 0 Å². The number of hydrogen-bond donors (Lipinski definition) is 1. The molecule has 0 aromatic heterocycles. The molecule has 0 spiro atoms. The smallest absolute Gasteiger partial charge is 0.305 e. The molecule has 0 bridgehead atoms. The summed E-state index contributed by atoms with van der Waals surface area (Å²) >= 11 is 3.94. The van der Waals surface area contributed by atoms with Gasteiger partial charge in [-0.1, -0.05) is 0 Å². The first kappa shape index (κ1) is 15.2. The van der Waals surface area contributed by atoms with Gasteiger partial charge in [-0.3, -0.25) is 4.79 Å². The number of ether oxygens (including phenoxy) is 1. The van der Waals surface area contributed by atoms with E-state index in [0.29, 0.717) is 6.42 Å². The Morgan fingerprint density at radius 2 is 2.06 bits per heavy atom. The number of aliphatic hydroxyl groups is 1. The molecule has 1 N–H and O–H groups in total. The number of rotatable bonds is 7. The van der Waals surface area contributed by atoms with Crippen LogP contribution in [0.3, 0.4) is 0 Å². The summed E-state index contributed by atoms with van der Waals surface area (Å²) < 4.78 is 4.88. The van der Waals surface area contributed by atoms with Crippen LogP contribution in [0.1, 0.15) is 39.0 Å². The SMILES string of the molecule is COC(=O)CCC1(CCC[C@H](C)O)SCCS1. The molecular formula is C12H22O3S2. The molecule has 5 heteroatoms. The van der Waals surface area contributed by atoms with Crippen molar-refractivity contribution in [3.63, 3.8) is 0 Å². The molecule has 1 fully saturated rings. The highest BCUT2D eigenvalue weighted by Crippen LogP contribution is 2.50. The van der Waals surface area contributed by atoms with Crippen LogP contribution in [0.2, 0.25) is 0 Å². The van der Waals surface area contributed by atoms with Crippen LogP contribution in [-0.2, 0) is 9.53 Å². The zero-order valence-electron chi connectivity index (χ0n) is 10.6. The van der Waals surface area contributed by atoms with Crippen molar-refractivity contribution in [2.24, 2.45) is 0 Å². The topological polar surface area (TPSA) is 46.5 Å². The third-order valence-corrected chi connectivity index (χ3v) is 6.58. The predicted molar refractivity (Wildman–Crippen MR) is 74.4 cm³/mol. The first-order valence-corrected chi connectivity index (χ1v) is 8.08. The minimum atomic E-state index is -0.218. The van der Waals surface area contributed by atoms with Gasteiger partial charge in [0.05, 0.1) is 17.3 Å². The fourth-order valence-electron chi connectivity index (χ4n) is 1.97. The third kappa shape index (κ3) is 5.53. The molecular weight excluding hydrogens is 256 g/mol. The minimum Gasteiger partial charge on any atom is -0.469 e. The number of hydrogen-bond acceptors (Lipinski definition) is 5. The van der Waals surface area contributed by atoms with E-state index in [1.165, 1.54) is 18.6 Å². The van der Waals surface area contributed by atoms with Gasteiger partial charge >= 0.3 is 5.97 Å². The Labute approximate surface area is 112 Å². The van der Waals surface area contributed by atoms with Gasteiger partial charge in [-0.15, -0.1) is 23.5 Å². The van der Waals surface area contributed by atoms with Crippen molar-refractivity contribution in [2.75, 3.05) is 18.6 Å². The quantitative estimate of drug-likeness (QED) is 0.725. The molecule has 1 atom stereocenters.